The van der Waals surface area contributed by atoms with Crippen LogP contribution >= 0.6 is 0 Å². The molecule has 1 N–H and O–H groups in total. The van der Waals surface area contributed by atoms with E-state index >= 15 is 0 Å². The summed E-state index contributed by atoms with van der Waals surface area (Å²) in [7, 11) is 0. The van der Waals surface area contributed by atoms with E-state index in [0.29, 0.717) is 5.82 Å². The van der Waals surface area contributed by atoms with E-state index in [0.717, 1.165) is 51.1 Å². The van der Waals surface area contributed by atoms with Crippen molar-refractivity contribution < 1.29 is 9.26 Å². The van der Waals surface area contributed by atoms with Crippen molar-refractivity contribution in [2.45, 2.75) is 63.5 Å². The standard InChI is InChI=1S/C14H23N3O2/c1-3-6-14(8-4-9-15-14)12-16-11(17-19-12)13(2)7-5-10-18-13/h15H,3-10H2,1-2H3. The Morgan fingerprint density at radius 3 is 2.84 bits per heavy atom. The highest BCUT2D eigenvalue weighted by Gasteiger charge is 2.43. The molecule has 1 aromatic heterocycles. The second-order valence-corrected chi connectivity index (χ2v) is 5.97. The van der Waals surface area contributed by atoms with Crippen molar-refractivity contribution in [3.05, 3.63) is 11.7 Å². The van der Waals surface area contributed by atoms with Crippen LogP contribution in [0.25, 0.3) is 0 Å². The molecule has 2 saturated heterocycles. The Balaban J connectivity index is 1.87. The highest BCUT2D eigenvalue weighted by atomic mass is 16.5. The summed E-state index contributed by atoms with van der Waals surface area (Å²) in [6, 6.07) is 0. The third-order valence-electron chi connectivity index (χ3n) is 4.45. The molecule has 0 radical (unpaired) electrons. The first-order valence-corrected chi connectivity index (χ1v) is 7.42. The largest absolute Gasteiger partial charge is 0.367 e. The lowest BCUT2D eigenvalue weighted by molar-refractivity contribution is 0.00768. The van der Waals surface area contributed by atoms with Crippen LogP contribution in [-0.2, 0) is 15.9 Å². The van der Waals surface area contributed by atoms with E-state index in [1.807, 2.05) is 0 Å². The quantitative estimate of drug-likeness (QED) is 0.906. The van der Waals surface area contributed by atoms with Gasteiger partial charge in [-0.3, -0.25) is 0 Å². The average molecular weight is 265 g/mol. The number of nitrogens with one attached hydrogen (secondary N) is 1. The van der Waals surface area contributed by atoms with Gasteiger partial charge in [0.2, 0.25) is 11.7 Å². The van der Waals surface area contributed by atoms with Gasteiger partial charge < -0.3 is 14.6 Å². The van der Waals surface area contributed by atoms with Crippen molar-refractivity contribution in [2.24, 2.45) is 0 Å². The first kappa shape index (κ1) is 13.1. The Bertz CT molecular complexity index is 432. The van der Waals surface area contributed by atoms with Crippen LogP contribution in [0.1, 0.15) is 64.1 Å². The zero-order chi connectivity index (χ0) is 13.3. The van der Waals surface area contributed by atoms with Gasteiger partial charge in [0, 0.05) is 6.61 Å². The van der Waals surface area contributed by atoms with Crippen LogP contribution < -0.4 is 5.32 Å². The van der Waals surface area contributed by atoms with Gasteiger partial charge in [-0.1, -0.05) is 18.5 Å². The molecule has 2 aliphatic rings. The molecule has 1 aromatic rings. The second-order valence-electron chi connectivity index (χ2n) is 5.97. The van der Waals surface area contributed by atoms with Crippen molar-refractivity contribution in [3.8, 4) is 0 Å². The molecule has 5 heteroatoms. The molecule has 0 amide bonds. The molecule has 0 spiro atoms. The van der Waals surface area contributed by atoms with Crippen LogP contribution in [0.2, 0.25) is 0 Å². The first-order chi connectivity index (χ1) is 9.19. The van der Waals surface area contributed by atoms with Gasteiger partial charge in [-0.15, -0.1) is 0 Å². The van der Waals surface area contributed by atoms with Gasteiger partial charge in [0.05, 0.1) is 5.54 Å². The summed E-state index contributed by atoms with van der Waals surface area (Å²) < 4.78 is 11.4. The molecule has 5 nitrogen and oxygen atoms in total. The maximum atomic E-state index is 5.79. The summed E-state index contributed by atoms with van der Waals surface area (Å²) in [5.74, 6) is 1.46. The lowest BCUT2D eigenvalue weighted by Gasteiger charge is -2.24. The molecule has 2 unspecified atom stereocenters. The highest BCUT2D eigenvalue weighted by Crippen LogP contribution is 2.38. The number of aromatic nitrogens is 2. The van der Waals surface area contributed by atoms with Crippen LogP contribution in [0, 0.1) is 0 Å². The van der Waals surface area contributed by atoms with Crippen LogP contribution in [0.4, 0.5) is 0 Å². The van der Waals surface area contributed by atoms with E-state index in [4.69, 9.17) is 9.26 Å². The molecular formula is C14H23N3O2. The predicted molar refractivity (Wildman–Crippen MR) is 70.7 cm³/mol. The van der Waals surface area contributed by atoms with Crippen LogP contribution in [0.15, 0.2) is 4.52 Å². The fourth-order valence-electron chi connectivity index (χ4n) is 3.32. The molecule has 0 bridgehead atoms. The Morgan fingerprint density at radius 2 is 2.21 bits per heavy atom. The Hall–Kier alpha value is -0.940. The van der Waals surface area contributed by atoms with Crippen molar-refractivity contribution in [1.82, 2.24) is 15.5 Å². The van der Waals surface area contributed by atoms with E-state index in [-0.39, 0.29) is 11.1 Å². The fourth-order valence-corrected chi connectivity index (χ4v) is 3.32. The molecule has 0 aromatic carbocycles. The van der Waals surface area contributed by atoms with Crippen molar-refractivity contribution in [1.29, 1.82) is 0 Å². The van der Waals surface area contributed by atoms with Gasteiger partial charge in [-0.05, 0) is 45.6 Å². The summed E-state index contributed by atoms with van der Waals surface area (Å²) in [4.78, 5) is 4.67. The third kappa shape index (κ3) is 2.19. The van der Waals surface area contributed by atoms with Gasteiger partial charge in [-0.2, -0.15) is 4.98 Å². The first-order valence-electron chi connectivity index (χ1n) is 7.42. The minimum absolute atomic E-state index is 0.102. The second kappa shape index (κ2) is 4.87. The smallest absolute Gasteiger partial charge is 0.247 e. The summed E-state index contributed by atoms with van der Waals surface area (Å²) in [6.45, 7) is 6.08. The molecule has 0 aliphatic carbocycles. The topological polar surface area (TPSA) is 60.2 Å². The number of rotatable bonds is 4. The molecule has 2 fully saturated rings. The predicted octanol–water partition coefficient (Wildman–Crippen LogP) is 2.47. The van der Waals surface area contributed by atoms with E-state index in [1.54, 1.807) is 0 Å². The van der Waals surface area contributed by atoms with Gasteiger partial charge in [-0.25, -0.2) is 0 Å². The van der Waals surface area contributed by atoms with Gasteiger partial charge in [0.15, 0.2) is 0 Å². The molecular weight excluding hydrogens is 242 g/mol. The number of nitrogens with zero attached hydrogens (tertiary/aromatic N) is 2. The lowest BCUT2D eigenvalue weighted by atomic mass is 9.91. The van der Waals surface area contributed by atoms with Crippen LogP contribution in [0.3, 0.4) is 0 Å². The number of hydrogen-bond acceptors (Lipinski definition) is 5. The van der Waals surface area contributed by atoms with Crippen molar-refractivity contribution >= 4 is 0 Å². The monoisotopic (exact) mass is 265 g/mol. The minimum atomic E-state index is -0.353. The SMILES string of the molecule is CCCC1(c2nc(C3(C)CCCO3)no2)CCCN1. The molecule has 3 heterocycles. The van der Waals surface area contributed by atoms with Gasteiger partial charge in [0.25, 0.3) is 0 Å². The summed E-state index contributed by atoms with van der Waals surface area (Å²) in [6.07, 6.45) is 6.45. The van der Waals surface area contributed by atoms with Crippen LogP contribution in [0.5, 0.6) is 0 Å². The molecule has 19 heavy (non-hydrogen) atoms. The summed E-state index contributed by atoms with van der Waals surface area (Å²) >= 11 is 0. The summed E-state index contributed by atoms with van der Waals surface area (Å²) in [5, 5.41) is 7.76. The zero-order valence-electron chi connectivity index (χ0n) is 11.9. The average Bonchev–Trinajstić information content (AvgIpc) is 3.07. The third-order valence-corrected chi connectivity index (χ3v) is 4.45. The molecule has 2 aliphatic heterocycles. The van der Waals surface area contributed by atoms with Crippen molar-refractivity contribution in [3.63, 3.8) is 0 Å². The van der Waals surface area contributed by atoms with Gasteiger partial charge in [0.1, 0.15) is 5.60 Å². The zero-order valence-corrected chi connectivity index (χ0v) is 11.9. The van der Waals surface area contributed by atoms with E-state index in [2.05, 4.69) is 29.3 Å². The van der Waals surface area contributed by atoms with E-state index < -0.39 is 0 Å². The fraction of sp³-hybridized carbons (Fsp3) is 0.857. The summed E-state index contributed by atoms with van der Waals surface area (Å²) in [5.41, 5.74) is -0.456. The molecule has 3 rings (SSSR count). The van der Waals surface area contributed by atoms with Crippen LogP contribution in [-0.4, -0.2) is 23.3 Å². The number of ether oxygens (including phenoxy) is 1. The minimum Gasteiger partial charge on any atom is -0.367 e. The Morgan fingerprint density at radius 1 is 1.32 bits per heavy atom. The normalized spacial score (nSPS) is 35.1. The molecule has 2 atom stereocenters. The maximum absolute atomic E-state index is 5.79. The number of hydrogen-bond donors (Lipinski definition) is 1. The Labute approximate surface area is 114 Å². The Kier molecular flexibility index (Phi) is 3.35. The van der Waals surface area contributed by atoms with E-state index in [1.165, 1.54) is 6.42 Å². The highest BCUT2D eigenvalue weighted by molar-refractivity contribution is 5.10. The van der Waals surface area contributed by atoms with Crippen molar-refractivity contribution in [2.75, 3.05) is 13.2 Å². The molecule has 106 valence electrons. The van der Waals surface area contributed by atoms with Gasteiger partial charge >= 0.3 is 0 Å². The maximum Gasteiger partial charge on any atom is 0.247 e. The van der Waals surface area contributed by atoms with E-state index in [9.17, 15) is 0 Å². The lowest BCUT2D eigenvalue weighted by Crippen LogP contribution is -2.37. The molecule has 0 saturated carbocycles.